The molecule has 0 saturated heterocycles. The molecule has 0 bridgehead atoms. The molecule has 2 aromatic rings. The van der Waals surface area contributed by atoms with Crippen LogP contribution in [0.3, 0.4) is 0 Å². The number of carbonyl (C=O) groups excluding carboxylic acids is 1. The van der Waals surface area contributed by atoms with Crippen LogP contribution < -0.4 is 10.6 Å². The minimum Gasteiger partial charge on any atom is -0.370 e. The molecule has 0 atom stereocenters. The Kier molecular flexibility index (Phi) is 5.73. The predicted molar refractivity (Wildman–Crippen MR) is 84.2 cm³/mol. The van der Waals surface area contributed by atoms with Crippen LogP contribution in [0.4, 0.5) is 24.7 Å². The quantitative estimate of drug-likeness (QED) is 0.790. The highest BCUT2D eigenvalue weighted by molar-refractivity contribution is 6.03. The third kappa shape index (κ3) is 4.43. The van der Waals surface area contributed by atoms with Gasteiger partial charge in [0, 0.05) is 12.6 Å². The fraction of sp³-hybridized carbons (Fsp3) is 0.312. The lowest BCUT2D eigenvalue weighted by Gasteiger charge is -2.09. The van der Waals surface area contributed by atoms with Crippen LogP contribution in [0.15, 0.2) is 24.5 Å². The highest BCUT2D eigenvalue weighted by Gasteiger charge is 2.17. The number of nitrogens with one attached hydrogen (secondary N) is 2. The van der Waals surface area contributed by atoms with Crippen LogP contribution >= 0.6 is 0 Å². The molecule has 128 valence electrons. The monoisotopic (exact) mass is 338 g/mol. The van der Waals surface area contributed by atoms with Crippen molar-refractivity contribution in [2.45, 2.75) is 20.3 Å². The van der Waals surface area contributed by atoms with E-state index in [1.54, 1.807) is 0 Å². The smallest absolute Gasteiger partial charge is 0.274 e. The first-order chi connectivity index (χ1) is 11.4. The Morgan fingerprint density at radius 2 is 1.92 bits per heavy atom. The molecule has 5 nitrogen and oxygen atoms in total. The summed E-state index contributed by atoms with van der Waals surface area (Å²) in [5.74, 6) is -4.24. The van der Waals surface area contributed by atoms with Crippen molar-refractivity contribution in [1.82, 2.24) is 9.97 Å². The molecule has 8 heteroatoms. The first-order valence-corrected chi connectivity index (χ1v) is 7.39. The van der Waals surface area contributed by atoms with Gasteiger partial charge in [0.05, 0.1) is 5.69 Å². The molecule has 0 radical (unpaired) electrons. The van der Waals surface area contributed by atoms with E-state index in [0.29, 0.717) is 18.3 Å². The highest BCUT2D eigenvalue weighted by Crippen LogP contribution is 2.20. The Labute approximate surface area is 137 Å². The zero-order valence-corrected chi connectivity index (χ0v) is 13.2. The third-order valence-corrected chi connectivity index (χ3v) is 3.21. The average Bonchev–Trinajstić information content (AvgIpc) is 2.55. The summed E-state index contributed by atoms with van der Waals surface area (Å²) < 4.78 is 39.7. The summed E-state index contributed by atoms with van der Waals surface area (Å²) in [6, 6.07) is 3.06. The highest BCUT2D eigenvalue weighted by atomic mass is 19.2. The van der Waals surface area contributed by atoms with Crippen molar-refractivity contribution in [3.8, 4) is 0 Å². The minimum absolute atomic E-state index is 0.0267. The Balaban J connectivity index is 2.09. The topological polar surface area (TPSA) is 66.9 Å². The van der Waals surface area contributed by atoms with Gasteiger partial charge in [-0.3, -0.25) is 4.79 Å². The lowest BCUT2D eigenvalue weighted by atomic mass is 10.1. The van der Waals surface area contributed by atoms with Gasteiger partial charge < -0.3 is 10.6 Å². The number of anilines is 2. The van der Waals surface area contributed by atoms with Gasteiger partial charge in [-0.2, -0.15) is 0 Å². The Bertz CT molecular complexity index is 737. The molecule has 24 heavy (non-hydrogen) atoms. The van der Waals surface area contributed by atoms with Crippen molar-refractivity contribution in [3.63, 3.8) is 0 Å². The zero-order chi connectivity index (χ0) is 17.7. The fourth-order valence-electron chi connectivity index (χ4n) is 1.88. The number of hydrogen-bond donors (Lipinski definition) is 2. The molecule has 1 amide bonds. The van der Waals surface area contributed by atoms with Crippen LogP contribution in [0.1, 0.15) is 30.8 Å². The first kappa shape index (κ1) is 17.7. The van der Waals surface area contributed by atoms with Gasteiger partial charge in [0.25, 0.3) is 5.91 Å². The third-order valence-electron chi connectivity index (χ3n) is 3.21. The van der Waals surface area contributed by atoms with Crippen molar-refractivity contribution < 1.29 is 18.0 Å². The van der Waals surface area contributed by atoms with E-state index < -0.39 is 29.0 Å². The van der Waals surface area contributed by atoms with Crippen LogP contribution in [0.5, 0.6) is 0 Å². The van der Waals surface area contributed by atoms with Crippen LogP contribution in [-0.2, 0) is 0 Å². The second-order valence-electron chi connectivity index (χ2n) is 5.57. The van der Waals surface area contributed by atoms with Gasteiger partial charge >= 0.3 is 0 Å². The Morgan fingerprint density at radius 1 is 1.17 bits per heavy atom. The molecular weight excluding hydrogens is 321 g/mol. The molecule has 1 aromatic heterocycles. The van der Waals surface area contributed by atoms with Gasteiger partial charge in [-0.15, -0.1) is 0 Å². The Hall–Kier alpha value is -2.64. The standard InChI is InChI=1S/C16H17F3N4O/c1-9(2)5-6-20-13-7-12(21-8-22-13)16(24)23-11-4-3-10(17)14(18)15(11)19/h3-4,7-9H,5-6H2,1-2H3,(H,23,24)(H,20,21,22). The number of amides is 1. The van der Waals surface area contributed by atoms with Crippen molar-refractivity contribution in [1.29, 1.82) is 0 Å². The number of rotatable bonds is 6. The summed E-state index contributed by atoms with van der Waals surface area (Å²) in [5.41, 5.74) is -0.493. The lowest BCUT2D eigenvalue weighted by Crippen LogP contribution is -2.16. The number of halogens is 3. The molecule has 1 aromatic carbocycles. The molecule has 0 aliphatic heterocycles. The second kappa shape index (κ2) is 7.76. The van der Waals surface area contributed by atoms with Crippen LogP contribution in [0, 0.1) is 23.4 Å². The van der Waals surface area contributed by atoms with Gasteiger partial charge in [-0.05, 0) is 24.5 Å². The molecule has 0 aliphatic carbocycles. The van der Waals surface area contributed by atoms with Crippen LogP contribution in [0.2, 0.25) is 0 Å². The summed E-state index contributed by atoms with van der Waals surface area (Å²) >= 11 is 0. The maximum atomic E-state index is 13.6. The van der Waals surface area contributed by atoms with Gasteiger partial charge in [0.1, 0.15) is 17.8 Å². The SMILES string of the molecule is CC(C)CCNc1cc(C(=O)Nc2ccc(F)c(F)c2F)ncn1. The molecule has 2 rings (SSSR count). The van der Waals surface area contributed by atoms with E-state index in [1.807, 2.05) is 0 Å². The fourth-order valence-corrected chi connectivity index (χ4v) is 1.88. The maximum absolute atomic E-state index is 13.6. The molecule has 1 heterocycles. The first-order valence-electron chi connectivity index (χ1n) is 7.39. The van der Waals surface area contributed by atoms with Gasteiger partial charge in [-0.1, -0.05) is 13.8 Å². The molecule has 2 N–H and O–H groups in total. The number of benzene rings is 1. The van der Waals surface area contributed by atoms with Gasteiger partial charge in [0.2, 0.25) is 0 Å². The van der Waals surface area contributed by atoms with E-state index >= 15 is 0 Å². The lowest BCUT2D eigenvalue weighted by molar-refractivity contribution is 0.102. The summed E-state index contributed by atoms with van der Waals surface area (Å²) in [6.07, 6.45) is 2.11. The van der Waals surface area contributed by atoms with E-state index in [2.05, 4.69) is 34.4 Å². The summed E-state index contributed by atoms with van der Waals surface area (Å²) in [5, 5.41) is 5.21. The van der Waals surface area contributed by atoms with E-state index in [9.17, 15) is 18.0 Å². The van der Waals surface area contributed by atoms with Crippen molar-refractivity contribution in [3.05, 3.63) is 47.7 Å². The van der Waals surface area contributed by atoms with Crippen molar-refractivity contribution in [2.75, 3.05) is 17.2 Å². The minimum atomic E-state index is -1.65. The summed E-state index contributed by atoms with van der Waals surface area (Å²) in [4.78, 5) is 19.9. The second-order valence-corrected chi connectivity index (χ2v) is 5.57. The molecule has 0 spiro atoms. The van der Waals surface area contributed by atoms with Gasteiger partial charge in [0.15, 0.2) is 17.5 Å². The van der Waals surface area contributed by atoms with E-state index in [1.165, 1.54) is 12.4 Å². The number of carbonyl (C=O) groups is 1. The van der Waals surface area contributed by atoms with E-state index in [4.69, 9.17) is 0 Å². The number of hydrogen-bond acceptors (Lipinski definition) is 4. The molecular formula is C16H17F3N4O. The summed E-state index contributed by atoms with van der Waals surface area (Å²) in [7, 11) is 0. The van der Waals surface area contributed by atoms with Crippen molar-refractivity contribution in [2.24, 2.45) is 5.92 Å². The number of nitrogens with zero attached hydrogens (tertiary/aromatic N) is 2. The molecule has 0 aliphatic rings. The predicted octanol–water partition coefficient (Wildman–Crippen LogP) is 3.60. The maximum Gasteiger partial charge on any atom is 0.274 e. The zero-order valence-electron chi connectivity index (χ0n) is 13.2. The number of aromatic nitrogens is 2. The summed E-state index contributed by atoms with van der Waals surface area (Å²) in [6.45, 7) is 4.83. The van der Waals surface area contributed by atoms with Crippen LogP contribution in [0.25, 0.3) is 0 Å². The largest absolute Gasteiger partial charge is 0.370 e. The van der Waals surface area contributed by atoms with Crippen LogP contribution in [-0.4, -0.2) is 22.4 Å². The molecule has 0 saturated carbocycles. The molecule has 0 unspecified atom stereocenters. The van der Waals surface area contributed by atoms with E-state index in [-0.39, 0.29) is 5.69 Å². The van der Waals surface area contributed by atoms with Crippen molar-refractivity contribution >= 4 is 17.4 Å². The normalized spacial score (nSPS) is 10.8. The Morgan fingerprint density at radius 3 is 2.62 bits per heavy atom. The van der Waals surface area contributed by atoms with E-state index in [0.717, 1.165) is 18.6 Å². The van der Waals surface area contributed by atoms with Gasteiger partial charge in [-0.25, -0.2) is 23.1 Å². The molecule has 0 fully saturated rings. The average molecular weight is 338 g/mol.